The number of hydrogen-bond donors (Lipinski definition) is 0. The molecular weight excluding hydrogens is 439 g/mol. The molecule has 0 spiro atoms. The molecule has 0 bridgehead atoms. The van der Waals surface area contributed by atoms with Gasteiger partial charge in [0.25, 0.3) is 0 Å². The van der Waals surface area contributed by atoms with Gasteiger partial charge < -0.3 is 9.47 Å². The van der Waals surface area contributed by atoms with Crippen LogP contribution in [-0.4, -0.2) is 12.3 Å². The summed E-state index contributed by atoms with van der Waals surface area (Å²) in [6.07, 6.45) is 13.3. The molecule has 0 aliphatic heterocycles. The Labute approximate surface area is 211 Å². The fourth-order valence-electron chi connectivity index (χ4n) is 5.20. The summed E-state index contributed by atoms with van der Waals surface area (Å²) in [4.78, 5) is 12.1. The predicted octanol–water partition coefficient (Wildman–Crippen LogP) is 9.83. The number of unbranched alkanes of at least 4 members (excludes halogenated alkanes) is 4. The summed E-state index contributed by atoms with van der Waals surface area (Å²) < 4.78 is 25.7. The van der Waals surface area contributed by atoms with Gasteiger partial charge in [0, 0.05) is 5.56 Å². The van der Waals surface area contributed by atoms with Crippen LogP contribution in [0.2, 0.25) is 0 Å². The molecule has 1 saturated carbocycles. The molecule has 1 aliphatic carbocycles. The van der Waals surface area contributed by atoms with Gasteiger partial charge in [0.15, 0.2) is 0 Å². The van der Waals surface area contributed by atoms with Crippen molar-refractivity contribution in [3.8, 4) is 16.9 Å². The van der Waals surface area contributed by atoms with Crippen LogP contribution in [0.25, 0.3) is 11.1 Å². The van der Waals surface area contributed by atoms with Crippen LogP contribution in [0.5, 0.6) is 5.75 Å². The van der Waals surface area contributed by atoms with Gasteiger partial charge in [-0.05, 0) is 86.6 Å². The molecule has 1 atom stereocenters. The third-order valence-electron chi connectivity index (χ3n) is 7.41. The molecule has 0 saturated heterocycles. The Bertz CT molecular complexity index is 900. The number of hydrogen-bond acceptors (Lipinski definition) is 3. The topological polar surface area (TPSA) is 35.5 Å². The van der Waals surface area contributed by atoms with Crippen LogP contribution in [0.1, 0.15) is 109 Å². The Morgan fingerprint density at radius 1 is 0.943 bits per heavy atom. The second kappa shape index (κ2) is 14.3. The standard InChI is InChI=1S/C31H43FO3/c1-4-6-8-9-10-23(3)34-31(33)35-28-19-16-26(17-20-28)29-21-18-27(22-30(29)32)25-14-12-24(13-15-25)11-7-5-2/h16-25H,4-15H2,1-3H3/t23?,24-,25-. The van der Waals surface area contributed by atoms with Crippen LogP contribution in [-0.2, 0) is 4.74 Å². The molecule has 2 aromatic carbocycles. The first-order valence-electron chi connectivity index (χ1n) is 13.8. The third kappa shape index (κ3) is 8.66. The average molecular weight is 483 g/mol. The molecular formula is C31H43FO3. The van der Waals surface area contributed by atoms with Crippen LogP contribution >= 0.6 is 0 Å². The monoisotopic (exact) mass is 482 g/mol. The van der Waals surface area contributed by atoms with Crippen LogP contribution in [0.15, 0.2) is 42.5 Å². The van der Waals surface area contributed by atoms with Crippen molar-refractivity contribution in [2.45, 2.75) is 110 Å². The maximum Gasteiger partial charge on any atom is 0.514 e. The zero-order valence-electron chi connectivity index (χ0n) is 21.9. The van der Waals surface area contributed by atoms with E-state index in [4.69, 9.17) is 9.47 Å². The summed E-state index contributed by atoms with van der Waals surface area (Å²) in [6.45, 7) is 6.31. The lowest BCUT2D eigenvalue weighted by Crippen LogP contribution is -2.18. The summed E-state index contributed by atoms with van der Waals surface area (Å²) in [5.74, 6) is 1.52. The molecule has 0 radical (unpaired) electrons. The van der Waals surface area contributed by atoms with E-state index in [1.54, 1.807) is 30.3 Å². The first-order chi connectivity index (χ1) is 17.0. The maximum atomic E-state index is 15.0. The Morgan fingerprint density at radius 2 is 1.66 bits per heavy atom. The number of carbonyl (C=O) groups is 1. The second-order valence-electron chi connectivity index (χ2n) is 10.3. The first kappa shape index (κ1) is 27.2. The van der Waals surface area contributed by atoms with Gasteiger partial charge in [0.2, 0.25) is 0 Å². The SMILES string of the molecule is CCCCCCC(C)OC(=O)Oc1ccc(-c2ccc([C@H]3CC[C@H](CCCC)CC3)cc2F)cc1. The number of ether oxygens (including phenoxy) is 2. The van der Waals surface area contributed by atoms with Crippen LogP contribution in [0.3, 0.4) is 0 Å². The van der Waals surface area contributed by atoms with Crippen molar-refractivity contribution < 1.29 is 18.7 Å². The zero-order chi connectivity index (χ0) is 25.0. The van der Waals surface area contributed by atoms with Crippen LogP contribution in [0.4, 0.5) is 9.18 Å². The van der Waals surface area contributed by atoms with E-state index < -0.39 is 6.16 Å². The number of benzene rings is 2. The van der Waals surface area contributed by atoms with Crippen molar-refractivity contribution >= 4 is 6.16 Å². The Kier molecular flexibility index (Phi) is 11.1. The van der Waals surface area contributed by atoms with Crippen LogP contribution < -0.4 is 4.74 Å². The van der Waals surface area contributed by atoms with Gasteiger partial charge in [0.05, 0.1) is 0 Å². The van der Waals surface area contributed by atoms with E-state index in [1.165, 1.54) is 44.9 Å². The Hall–Kier alpha value is -2.36. The van der Waals surface area contributed by atoms with Crippen LogP contribution in [0, 0.1) is 11.7 Å². The fraction of sp³-hybridized carbons (Fsp3) is 0.581. The van der Waals surface area contributed by atoms with E-state index in [0.717, 1.165) is 49.1 Å². The van der Waals surface area contributed by atoms with Gasteiger partial charge in [-0.1, -0.05) is 76.6 Å². The molecule has 3 rings (SSSR count). The quantitative estimate of drug-likeness (QED) is 0.171. The van der Waals surface area contributed by atoms with E-state index in [0.29, 0.717) is 17.2 Å². The lowest BCUT2D eigenvalue weighted by Gasteiger charge is -2.29. The van der Waals surface area contributed by atoms with E-state index in [-0.39, 0.29) is 11.9 Å². The van der Waals surface area contributed by atoms with Gasteiger partial charge >= 0.3 is 6.16 Å². The summed E-state index contributed by atoms with van der Waals surface area (Å²) in [5, 5.41) is 0. The van der Waals surface area contributed by atoms with Crippen molar-refractivity contribution in [2.75, 3.05) is 0 Å². The molecule has 35 heavy (non-hydrogen) atoms. The zero-order valence-corrected chi connectivity index (χ0v) is 21.9. The minimum Gasteiger partial charge on any atom is -0.431 e. The molecule has 1 fully saturated rings. The first-order valence-corrected chi connectivity index (χ1v) is 13.8. The molecule has 1 unspecified atom stereocenters. The largest absolute Gasteiger partial charge is 0.514 e. The molecule has 0 amide bonds. The van der Waals surface area contributed by atoms with Gasteiger partial charge in [-0.2, -0.15) is 0 Å². The summed E-state index contributed by atoms with van der Waals surface area (Å²) in [7, 11) is 0. The van der Waals surface area contributed by atoms with E-state index in [1.807, 2.05) is 13.0 Å². The molecule has 0 N–H and O–H groups in total. The van der Waals surface area contributed by atoms with Gasteiger partial charge in [-0.15, -0.1) is 0 Å². The Morgan fingerprint density at radius 3 is 2.31 bits per heavy atom. The summed E-state index contributed by atoms with van der Waals surface area (Å²) >= 11 is 0. The maximum absolute atomic E-state index is 15.0. The third-order valence-corrected chi connectivity index (χ3v) is 7.41. The smallest absolute Gasteiger partial charge is 0.431 e. The summed E-state index contributed by atoms with van der Waals surface area (Å²) in [5.41, 5.74) is 2.45. The normalized spacial score (nSPS) is 18.7. The lowest BCUT2D eigenvalue weighted by atomic mass is 9.77. The second-order valence-corrected chi connectivity index (χ2v) is 10.3. The number of carbonyl (C=O) groups excluding carboxylic acids is 1. The van der Waals surface area contributed by atoms with Crippen molar-refractivity contribution in [1.29, 1.82) is 0 Å². The van der Waals surface area contributed by atoms with Gasteiger partial charge in [-0.25, -0.2) is 9.18 Å². The lowest BCUT2D eigenvalue weighted by molar-refractivity contribution is 0.0613. The minimum absolute atomic E-state index is 0.169. The molecule has 4 heteroatoms. The predicted molar refractivity (Wildman–Crippen MR) is 141 cm³/mol. The molecule has 3 nitrogen and oxygen atoms in total. The molecule has 2 aromatic rings. The summed E-state index contributed by atoms with van der Waals surface area (Å²) in [6, 6.07) is 12.6. The highest BCUT2D eigenvalue weighted by molar-refractivity contribution is 5.67. The fourth-order valence-corrected chi connectivity index (χ4v) is 5.20. The van der Waals surface area contributed by atoms with Gasteiger partial charge in [-0.3, -0.25) is 0 Å². The van der Waals surface area contributed by atoms with E-state index >= 15 is 4.39 Å². The van der Waals surface area contributed by atoms with Crippen molar-refractivity contribution in [2.24, 2.45) is 5.92 Å². The number of halogens is 1. The van der Waals surface area contributed by atoms with Gasteiger partial charge in [0.1, 0.15) is 17.7 Å². The highest BCUT2D eigenvalue weighted by Gasteiger charge is 2.23. The van der Waals surface area contributed by atoms with Crippen molar-refractivity contribution in [3.05, 3.63) is 53.8 Å². The minimum atomic E-state index is -0.694. The van der Waals surface area contributed by atoms with Crippen molar-refractivity contribution in [3.63, 3.8) is 0 Å². The average Bonchev–Trinajstić information content (AvgIpc) is 2.86. The number of rotatable bonds is 12. The Balaban J connectivity index is 1.51. The highest BCUT2D eigenvalue weighted by atomic mass is 19.1. The molecule has 0 aromatic heterocycles. The van der Waals surface area contributed by atoms with E-state index in [2.05, 4.69) is 19.9 Å². The molecule has 192 valence electrons. The highest BCUT2D eigenvalue weighted by Crippen LogP contribution is 2.39. The van der Waals surface area contributed by atoms with Crippen molar-refractivity contribution in [1.82, 2.24) is 0 Å². The molecule has 0 heterocycles. The molecule has 1 aliphatic rings. The van der Waals surface area contributed by atoms with E-state index in [9.17, 15) is 4.79 Å².